The van der Waals surface area contributed by atoms with Gasteiger partial charge in [-0.15, -0.1) is 10.2 Å². The van der Waals surface area contributed by atoms with Crippen LogP contribution in [0.15, 0.2) is 6.33 Å². The van der Waals surface area contributed by atoms with Crippen molar-refractivity contribution in [2.45, 2.75) is 32.2 Å². The molecule has 1 fully saturated rings. The molecule has 2 N–H and O–H groups in total. The maximum Gasteiger partial charge on any atom is 0.315 e. The summed E-state index contributed by atoms with van der Waals surface area (Å²) in [4.78, 5) is 25.0. The lowest BCUT2D eigenvalue weighted by molar-refractivity contribution is -0.127. The van der Waals surface area contributed by atoms with E-state index in [-0.39, 0.29) is 18.0 Å². The Kier molecular flexibility index (Phi) is 5.13. The zero-order valence-electron chi connectivity index (χ0n) is 12.5. The molecule has 0 spiro atoms. The zero-order valence-corrected chi connectivity index (χ0v) is 12.5. The van der Waals surface area contributed by atoms with Crippen LogP contribution in [0, 0.1) is 0 Å². The Morgan fingerprint density at radius 3 is 2.95 bits per heavy atom. The zero-order chi connectivity index (χ0) is 15.2. The van der Waals surface area contributed by atoms with E-state index in [0.717, 1.165) is 19.4 Å². The SMILES string of the molecule is C[C@H](NC(=O)NCCCN1CCCC1=O)c1nncn1C. The van der Waals surface area contributed by atoms with Gasteiger partial charge in [-0.3, -0.25) is 4.79 Å². The first kappa shape index (κ1) is 15.3. The molecule has 1 aliphatic heterocycles. The molecular formula is C13H22N6O2. The Bertz CT molecular complexity index is 501. The molecule has 1 atom stereocenters. The quantitative estimate of drug-likeness (QED) is 0.732. The van der Waals surface area contributed by atoms with Crippen LogP contribution in [0.25, 0.3) is 0 Å². The number of rotatable bonds is 6. The predicted molar refractivity (Wildman–Crippen MR) is 76.4 cm³/mol. The molecule has 1 saturated heterocycles. The molecular weight excluding hydrogens is 272 g/mol. The van der Waals surface area contributed by atoms with Gasteiger partial charge in [0, 0.05) is 33.1 Å². The predicted octanol–water partition coefficient (Wildman–Crippen LogP) is 0.188. The van der Waals surface area contributed by atoms with Crippen LogP contribution in [-0.4, -0.2) is 51.2 Å². The number of carbonyl (C=O) groups is 2. The van der Waals surface area contributed by atoms with Crippen molar-refractivity contribution in [1.82, 2.24) is 30.3 Å². The molecule has 21 heavy (non-hydrogen) atoms. The smallest absolute Gasteiger partial charge is 0.315 e. The van der Waals surface area contributed by atoms with Crippen molar-refractivity contribution in [2.24, 2.45) is 7.05 Å². The molecule has 1 aromatic rings. The minimum Gasteiger partial charge on any atom is -0.343 e. The fraction of sp³-hybridized carbons (Fsp3) is 0.692. The molecule has 0 aliphatic carbocycles. The van der Waals surface area contributed by atoms with E-state index in [4.69, 9.17) is 0 Å². The van der Waals surface area contributed by atoms with Crippen molar-refractivity contribution in [3.63, 3.8) is 0 Å². The van der Waals surface area contributed by atoms with Crippen molar-refractivity contribution in [3.05, 3.63) is 12.2 Å². The molecule has 0 saturated carbocycles. The highest BCUT2D eigenvalue weighted by atomic mass is 16.2. The number of nitrogens with zero attached hydrogens (tertiary/aromatic N) is 4. The molecule has 116 valence electrons. The van der Waals surface area contributed by atoms with Gasteiger partial charge in [-0.2, -0.15) is 0 Å². The van der Waals surface area contributed by atoms with Gasteiger partial charge in [-0.25, -0.2) is 4.79 Å². The highest BCUT2D eigenvalue weighted by molar-refractivity contribution is 5.78. The number of hydrogen-bond acceptors (Lipinski definition) is 4. The lowest BCUT2D eigenvalue weighted by Crippen LogP contribution is -2.39. The van der Waals surface area contributed by atoms with Gasteiger partial charge in [-0.05, 0) is 19.8 Å². The minimum absolute atomic E-state index is 0.211. The van der Waals surface area contributed by atoms with E-state index >= 15 is 0 Å². The Morgan fingerprint density at radius 1 is 1.52 bits per heavy atom. The molecule has 2 rings (SSSR count). The van der Waals surface area contributed by atoms with Crippen LogP contribution >= 0.6 is 0 Å². The summed E-state index contributed by atoms with van der Waals surface area (Å²) in [6.07, 6.45) is 3.96. The van der Waals surface area contributed by atoms with Crippen molar-refractivity contribution in [1.29, 1.82) is 0 Å². The van der Waals surface area contributed by atoms with Crippen molar-refractivity contribution < 1.29 is 9.59 Å². The number of likely N-dealkylation sites (tertiary alicyclic amines) is 1. The summed E-state index contributed by atoms with van der Waals surface area (Å²) < 4.78 is 1.77. The van der Waals surface area contributed by atoms with Crippen LogP contribution in [0.3, 0.4) is 0 Å². The van der Waals surface area contributed by atoms with E-state index in [9.17, 15) is 9.59 Å². The van der Waals surface area contributed by atoms with Gasteiger partial charge in [0.25, 0.3) is 0 Å². The molecule has 0 aromatic carbocycles. The van der Waals surface area contributed by atoms with E-state index in [1.165, 1.54) is 0 Å². The molecule has 3 amide bonds. The van der Waals surface area contributed by atoms with Crippen molar-refractivity contribution in [3.8, 4) is 0 Å². The van der Waals surface area contributed by atoms with Gasteiger partial charge in [0.1, 0.15) is 6.33 Å². The Hall–Kier alpha value is -2.12. The first-order chi connectivity index (χ1) is 10.1. The van der Waals surface area contributed by atoms with Crippen LogP contribution < -0.4 is 10.6 Å². The van der Waals surface area contributed by atoms with E-state index in [2.05, 4.69) is 20.8 Å². The number of carbonyl (C=O) groups excluding carboxylic acids is 2. The number of urea groups is 1. The molecule has 8 heteroatoms. The first-order valence-electron chi connectivity index (χ1n) is 7.24. The summed E-state index contributed by atoms with van der Waals surface area (Å²) in [7, 11) is 1.83. The molecule has 2 heterocycles. The summed E-state index contributed by atoms with van der Waals surface area (Å²) in [6, 6.07) is -0.448. The summed E-state index contributed by atoms with van der Waals surface area (Å²) in [5, 5.41) is 13.3. The van der Waals surface area contributed by atoms with Gasteiger partial charge < -0.3 is 20.1 Å². The van der Waals surface area contributed by atoms with Crippen LogP contribution in [0.2, 0.25) is 0 Å². The Labute approximate surface area is 123 Å². The van der Waals surface area contributed by atoms with Crippen LogP contribution in [0.1, 0.15) is 38.1 Å². The van der Waals surface area contributed by atoms with E-state index in [1.54, 1.807) is 10.9 Å². The third-order valence-corrected chi connectivity index (χ3v) is 3.54. The van der Waals surface area contributed by atoms with Crippen LogP contribution in [0.5, 0.6) is 0 Å². The lowest BCUT2D eigenvalue weighted by atomic mass is 10.3. The fourth-order valence-corrected chi connectivity index (χ4v) is 2.41. The summed E-state index contributed by atoms with van der Waals surface area (Å²) in [5.74, 6) is 0.920. The summed E-state index contributed by atoms with van der Waals surface area (Å²) in [5.41, 5.74) is 0. The lowest BCUT2D eigenvalue weighted by Gasteiger charge is -2.16. The second-order valence-corrected chi connectivity index (χ2v) is 5.26. The van der Waals surface area contributed by atoms with Crippen LogP contribution in [-0.2, 0) is 11.8 Å². The first-order valence-corrected chi connectivity index (χ1v) is 7.24. The van der Waals surface area contributed by atoms with Gasteiger partial charge in [0.15, 0.2) is 5.82 Å². The number of hydrogen-bond donors (Lipinski definition) is 2. The van der Waals surface area contributed by atoms with Gasteiger partial charge in [0.2, 0.25) is 5.91 Å². The van der Waals surface area contributed by atoms with E-state index in [1.807, 2.05) is 18.9 Å². The fourth-order valence-electron chi connectivity index (χ4n) is 2.41. The highest BCUT2D eigenvalue weighted by Crippen LogP contribution is 2.09. The largest absolute Gasteiger partial charge is 0.343 e. The standard InChI is InChI=1S/C13H22N6O2/c1-10(12-17-15-9-18(12)2)16-13(21)14-6-4-8-19-7-3-5-11(19)20/h9-10H,3-8H2,1-2H3,(H2,14,16,21)/t10-/m0/s1. The molecule has 1 aliphatic rings. The molecule has 1 aromatic heterocycles. The number of aryl methyl sites for hydroxylation is 1. The topological polar surface area (TPSA) is 92.2 Å². The van der Waals surface area contributed by atoms with Crippen molar-refractivity contribution in [2.75, 3.05) is 19.6 Å². The monoisotopic (exact) mass is 294 g/mol. The second kappa shape index (κ2) is 7.05. The van der Waals surface area contributed by atoms with Gasteiger partial charge >= 0.3 is 6.03 Å². The maximum absolute atomic E-state index is 11.8. The minimum atomic E-state index is -0.238. The summed E-state index contributed by atoms with van der Waals surface area (Å²) >= 11 is 0. The molecule has 0 radical (unpaired) electrons. The average molecular weight is 294 g/mol. The summed E-state index contributed by atoms with van der Waals surface area (Å²) in [6.45, 7) is 3.94. The average Bonchev–Trinajstić information content (AvgIpc) is 3.03. The second-order valence-electron chi connectivity index (χ2n) is 5.26. The number of amides is 3. The molecule has 0 unspecified atom stereocenters. The van der Waals surface area contributed by atoms with Crippen molar-refractivity contribution >= 4 is 11.9 Å². The normalized spacial score (nSPS) is 16.1. The molecule has 8 nitrogen and oxygen atoms in total. The highest BCUT2D eigenvalue weighted by Gasteiger charge is 2.19. The van der Waals surface area contributed by atoms with E-state index in [0.29, 0.717) is 25.3 Å². The Balaban J connectivity index is 1.63. The number of aromatic nitrogens is 3. The molecule has 0 bridgehead atoms. The third kappa shape index (κ3) is 4.17. The van der Waals surface area contributed by atoms with Gasteiger partial charge in [0.05, 0.1) is 6.04 Å². The van der Waals surface area contributed by atoms with Gasteiger partial charge in [-0.1, -0.05) is 0 Å². The number of nitrogens with one attached hydrogen (secondary N) is 2. The van der Waals surface area contributed by atoms with E-state index < -0.39 is 0 Å². The van der Waals surface area contributed by atoms with Crippen LogP contribution in [0.4, 0.5) is 4.79 Å². The maximum atomic E-state index is 11.8. The third-order valence-electron chi connectivity index (χ3n) is 3.54. The Morgan fingerprint density at radius 2 is 2.33 bits per heavy atom.